The first-order valence-corrected chi connectivity index (χ1v) is 8.49. The predicted molar refractivity (Wildman–Crippen MR) is 103 cm³/mol. The SMILES string of the molecule is COc1cccc(-c2cnnc(NCc3cc(-c4ccccc4)[nH]n3)n2)c1. The first kappa shape index (κ1) is 16.7. The van der Waals surface area contributed by atoms with Crippen LogP contribution in [0, 0.1) is 0 Å². The highest BCUT2D eigenvalue weighted by Gasteiger charge is 2.07. The smallest absolute Gasteiger partial charge is 0.243 e. The van der Waals surface area contributed by atoms with Crippen LogP contribution < -0.4 is 10.1 Å². The molecular weight excluding hydrogens is 340 g/mol. The second kappa shape index (κ2) is 7.65. The lowest BCUT2D eigenvalue weighted by Crippen LogP contribution is -2.05. The molecule has 27 heavy (non-hydrogen) atoms. The van der Waals surface area contributed by atoms with Crippen molar-refractivity contribution in [1.29, 1.82) is 0 Å². The molecule has 4 aromatic rings. The van der Waals surface area contributed by atoms with Crippen LogP contribution in [0.2, 0.25) is 0 Å². The minimum absolute atomic E-state index is 0.444. The van der Waals surface area contributed by atoms with E-state index in [0.717, 1.165) is 34.0 Å². The second-order valence-corrected chi connectivity index (χ2v) is 5.89. The molecule has 0 aliphatic carbocycles. The fraction of sp³-hybridized carbons (Fsp3) is 0.100. The third kappa shape index (κ3) is 3.92. The van der Waals surface area contributed by atoms with E-state index in [1.807, 2.05) is 60.7 Å². The van der Waals surface area contributed by atoms with Gasteiger partial charge in [0.05, 0.1) is 36.9 Å². The summed E-state index contributed by atoms with van der Waals surface area (Å²) in [5.74, 6) is 1.21. The van der Waals surface area contributed by atoms with Gasteiger partial charge in [0.1, 0.15) is 5.75 Å². The van der Waals surface area contributed by atoms with Gasteiger partial charge in [0.25, 0.3) is 0 Å². The van der Waals surface area contributed by atoms with E-state index in [2.05, 4.69) is 30.7 Å². The standard InChI is InChI=1S/C20H18N6O/c1-27-17-9-5-8-15(10-17)19-13-22-26-20(23-19)21-12-16-11-18(25-24-16)14-6-3-2-4-7-14/h2-11,13H,12H2,1H3,(H,24,25)(H,21,23,26). The van der Waals surface area contributed by atoms with E-state index in [-0.39, 0.29) is 0 Å². The van der Waals surface area contributed by atoms with Gasteiger partial charge in [0, 0.05) is 5.56 Å². The average molecular weight is 358 g/mol. The number of ether oxygens (including phenoxy) is 1. The Hall–Kier alpha value is -3.74. The van der Waals surface area contributed by atoms with E-state index < -0.39 is 0 Å². The summed E-state index contributed by atoms with van der Waals surface area (Å²) in [7, 11) is 1.64. The van der Waals surface area contributed by atoms with Gasteiger partial charge in [-0.25, -0.2) is 4.98 Å². The van der Waals surface area contributed by atoms with E-state index >= 15 is 0 Å². The molecule has 0 unspecified atom stereocenters. The number of hydrogen-bond acceptors (Lipinski definition) is 6. The fourth-order valence-corrected chi connectivity index (χ4v) is 2.69. The number of nitrogens with one attached hydrogen (secondary N) is 2. The number of anilines is 1. The summed E-state index contributed by atoms with van der Waals surface area (Å²) in [5, 5.41) is 18.6. The zero-order valence-electron chi connectivity index (χ0n) is 14.8. The van der Waals surface area contributed by atoms with E-state index in [4.69, 9.17) is 4.74 Å². The number of benzene rings is 2. The van der Waals surface area contributed by atoms with Crippen LogP contribution >= 0.6 is 0 Å². The summed E-state index contributed by atoms with van der Waals surface area (Å²) in [4.78, 5) is 4.52. The first-order valence-electron chi connectivity index (χ1n) is 8.49. The van der Waals surface area contributed by atoms with Crippen LogP contribution in [0.25, 0.3) is 22.5 Å². The fourth-order valence-electron chi connectivity index (χ4n) is 2.69. The maximum Gasteiger partial charge on any atom is 0.243 e. The Balaban J connectivity index is 1.47. The van der Waals surface area contributed by atoms with Gasteiger partial charge in [0.2, 0.25) is 5.95 Å². The minimum Gasteiger partial charge on any atom is -0.497 e. The molecule has 0 amide bonds. The van der Waals surface area contributed by atoms with Gasteiger partial charge in [0.15, 0.2) is 0 Å². The Labute approximate surface area is 156 Å². The molecule has 0 saturated heterocycles. The maximum absolute atomic E-state index is 5.26. The lowest BCUT2D eigenvalue weighted by atomic mass is 10.1. The minimum atomic E-state index is 0.444. The number of rotatable bonds is 6. The molecule has 0 saturated carbocycles. The van der Waals surface area contributed by atoms with E-state index in [9.17, 15) is 0 Å². The lowest BCUT2D eigenvalue weighted by molar-refractivity contribution is 0.415. The van der Waals surface area contributed by atoms with E-state index in [1.54, 1.807) is 13.3 Å². The molecule has 2 N–H and O–H groups in total. The third-order valence-electron chi connectivity index (χ3n) is 4.07. The molecule has 0 radical (unpaired) electrons. The van der Waals surface area contributed by atoms with E-state index in [0.29, 0.717) is 12.5 Å². The van der Waals surface area contributed by atoms with Crippen LogP contribution in [0.3, 0.4) is 0 Å². The van der Waals surface area contributed by atoms with Crippen LogP contribution in [0.4, 0.5) is 5.95 Å². The lowest BCUT2D eigenvalue weighted by Gasteiger charge is -2.06. The number of methoxy groups -OCH3 is 1. The molecule has 0 fully saturated rings. The van der Waals surface area contributed by atoms with Crippen molar-refractivity contribution < 1.29 is 4.74 Å². The predicted octanol–water partition coefficient (Wildman–Crippen LogP) is 3.55. The molecule has 0 spiro atoms. The van der Waals surface area contributed by atoms with Crippen LogP contribution in [-0.2, 0) is 6.54 Å². The quantitative estimate of drug-likeness (QED) is 0.548. The maximum atomic E-state index is 5.26. The van der Waals surface area contributed by atoms with Crippen LogP contribution in [0.5, 0.6) is 5.75 Å². The van der Waals surface area contributed by atoms with Crippen molar-refractivity contribution in [1.82, 2.24) is 25.4 Å². The number of H-pyrrole nitrogens is 1. The van der Waals surface area contributed by atoms with Gasteiger partial charge in [-0.2, -0.15) is 10.2 Å². The van der Waals surface area contributed by atoms with Gasteiger partial charge in [-0.1, -0.05) is 42.5 Å². The summed E-state index contributed by atoms with van der Waals surface area (Å²) in [6.45, 7) is 0.493. The van der Waals surface area contributed by atoms with Crippen LogP contribution in [-0.4, -0.2) is 32.5 Å². The molecule has 4 rings (SSSR count). The molecule has 0 aliphatic heterocycles. The first-order chi connectivity index (χ1) is 13.3. The molecule has 0 atom stereocenters. The highest BCUT2D eigenvalue weighted by Crippen LogP contribution is 2.22. The number of hydrogen-bond donors (Lipinski definition) is 2. The largest absolute Gasteiger partial charge is 0.497 e. The number of aromatic amines is 1. The molecule has 7 nitrogen and oxygen atoms in total. The van der Waals surface area contributed by atoms with Crippen molar-refractivity contribution in [2.75, 3.05) is 12.4 Å². The van der Waals surface area contributed by atoms with Crippen molar-refractivity contribution in [3.05, 3.63) is 72.6 Å². The molecule has 2 heterocycles. The zero-order chi connectivity index (χ0) is 18.5. The molecule has 0 aliphatic rings. The van der Waals surface area contributed by atoms with Gasteiger partial charge in [-0.3, -0.25) is 5.10 Å². The second-order valence-electron chi connectivity index (χ2n) is 5.89. The normalized spacial score (nSPS) is 10.6. The Morgan fingerprint density at radius 3 is 2.70 bits per heavy atom. The Kier molecular flexibility index (Phi) is 4.74. The van der Waals surface area contributed by atoms with E-state index in [1.165, 1.54) is 0 Å². The molecule has 0 bridgehead atoms. The van der Waals surface area contributed by atoms with Gasteiger partial charge in [-0.05, 0) is 23.8 Å². The van der Waals surface area contributed by atoms with Gasteiger partial charge >= 0.3 is 0 Å². The summed E-state index contributed by atoms with van der Waals surface area (Å²) < 4.78 is 5.26. The van der Waals surface area contributed by atoms with Crippen LogP contribution in [0.1, 0.15) is 5.69 Å². The number of nitrogens with zero attached hydrogens (tertiary/aromatic N) is 4. The average Bonchev–Trinajstić information content (AvgIpc) is 3.22. The van der Waals surface area contributed by atoms with Crippen molar-refractivity contribution in [3.63, 3.8) is 0 Å². The highest BCUT2D eigenvalue weighted by molar-refractivity contribution is 5.61. The molecule has 2 aromatic heterocycles. The topological polar surface area (TPSA) is 88.6 Å². The third-order valence-corrected chi connectivity index (χ3v) is 4.07. The van der Waals surface area contributed by atoms with Gasteiger partial charge < -0.3 is 10.1 Å². The van der Waals surface area contributed by atoms with Crippen molar-refractivity contribution in [2.24, 2.45) is 0 Å². The number of aromatic nitrogens is 5. The molecule has 134 valence electrons. The van der Waals surface area contributed by atoms with Crippen LogP contribution in [0.15, 0.2) is 66.9 Å². The van der Waals surface area contributed by atoms with Crippen molar-refractivity contribution in [3.8, 4) is 28.3 Å². The Bertz CT molecular complexity index is 1030. The molecule has 2 aromatic carbocycles. The molecule has 7 heteroatoms. The monoisotopic (exact) mass is 358 g/mol. The zero-order valence-corrected chi connectivity index (χ0v) is 14.8. The molecular formula is C20H18N6O. The summed E-state index contributed by atoms with van der Waals surface area (Å²) in [5.41, 5.74) is 4.56. The van der Waals surface area contributed by atoms with Crippen molar-refractivity contribution >= 4 is 5.95 Å². The summed E-state index contributed by atoms with van der Waals surface area (Å²) >= 11 is 0. The summed E-state index contributed by atoms with van der Waals surface area (Å²) in [6.07, 6.45) is 1.63. The highest BCUT2D eigenvalue weighted by atomic mass is 16.5. The van der Waals surface area contributed by atoms with Gasteiger partial charge in [-0.15, -0.1) is 5.10 Å². The Morgan fingerprint density at radius 1 is 1.00 bits per heavy atom. The Morgan fingerprint density at radius 2 is 1.85 bits per heavy atom. The summed E-state index contributed by atoms with van der Waals surface area (Å²) in [6, 6.07) is 19.7. The van der Waals surface area contributed by atoms with Crippen molar-refractivity contribution in [2.45, 2.75) is 6.54 Å².